The lowest BCUT2D eigenvalue weighted by Crippen LogP contribution is -2.44. The molecule has 0 aliphatic carbocycles. The van der Waals surface area contributed by atoms with E-state index in [1.165, 1.54) is 6.07 Å². The average molecular weight is 293 g/mol. The fraction of sp³-hybridized carbons (Fsp3) is 0.417. The van der Waals surface area contributed by atoms with Crippen molar-refractivity contribution >= 4 is 18.3 Å². The minimum absolute atomic E-state index is 0. The van der Waals surface area contributed by atoms with Crippen LogP contribution in [0.4, 0.5) is 8.78 Å². The summed E-state index contributed by atoms with van der Waals surface area (Å²) in [7, 11) is 0. The Balaban J connectivity index is 0.00000180. The zero-order valence-corrected chi connectivity index (χ0v) is 11.0. The van der Waals surface area contributed by atoms with Crippen molar-refractivity contribution in [2.75, 3.05) is 26.2 Å². The topological polar surface area (TPSA) is 55.6 Å². The van der Waals surface area contributed by atoms with E-state index in [-0.39, 0.29) is 24.9 Å². The van der Waals surface area contributed by atoms with Gasteiger partial charge in [0.15, 0.2) is 11.6 Å². The third-order valence-electron chi connectivity index (χ3n) is 2.91. The third kappa shape index (κ3) is 3.62. The van der Waals surface area contributed by atoms with Gasteiger partial charge in [-0.3, -0.25) is 4.79 Å². The Bertz CT molecular complexity index is 459. The number of nitrogens with two attached hydrogens (primary N) is 1. The van der Waals surface area contributed by atoms with E-state index in [9.17, 15) is 13.6 Å². The van der Waals surface area contributed by atoms with Crippen LogP contribution in [0.15, 0.2) is 18.2 Å². The standard InChI is InChI=1S/C12H14F2N2O2.ClH/c13-9-2-1-8(5-10(9)14)11-7-16(3-4-18-11)12(17)6-15;/h1-2,5,11H,3-4,6-7,15H2;1H. The van der Waals surface area contributed by atoms with E-state index in [0.29, 0.717) is 25.3 Å². The molecule has 2 rings (SSSR count). The summed E-state index contributed by atoms with van der Waals surface area (Å²) in [4.78, 5) is 13.0. The molecule has 0 aromatic heterocycles. The van der Waals surface area contributed by atoms with E-state index in [1.54, 1.807) is 4.90 Å². The zero-order chi connectivity index (χ0) is 13.1. The highest BCUT2D eigenvalue weighted by atomic mass is 35.5. The molecule has 0 saturated carbocycles. The summed E-state index contributed by atoms with van der Waals surface area (Å²) in [5.74, 6) is -1.99. The lowest BCUT2D eigenvalue weighted by molar-refractivity contribution is -0.137. The lowest BCUT2D eigenvalue weighted by atomic mass is 10.1. The number of nitrogens with zero attached hydrogens (tertiary/aromatic N) is 1. The first kappa shape index (κ1) is 15.8. The molecule has 1 aliphatic rings. The van der Waals surface area contributed by atoms with Gasteiger partial charge in [0.05, 0.1) is 19.7 Å². The third-order valence-corrected chi connectivity index (χ3v) is 2.91. The van der Waals surface area contributed by atoms with Crippen molar-refractivity contribution in [3.63, 3.8) is 0 Å². The van der Waals surface area contributed by atoms with Gasteiger partial charge in [0, 0.05) is 6.54 Å². The molecule has 4 nitrogen and oxygen atoms in total. The maximum absolute atomic E-state index is 13.1. The van der Waals surface area contributed by atoms with E-state index in [0.717, 1.165) is 12.1 Å². The van der Waals surface area contributed by atoms with Gasteiger partial charge in [-0.2, -0.15) is 0 Å². The fourth-order valence-electron chi connectivity index (χ4n) is 1.92. The second kappa shape index (κ2) is 6.79. The first-order valence-corrected chi connectivity index (χ1v) is 5.66. The molecule has 0 radical (unpaired) electrons. The maximum Gasteiger partial charge on any atom is 0.236 e. The molecule has 1 fully saturated rings. The largest absolute Gasteiger partial charge is 0.370 e. The van der Waals surface area contributed by atoms with Crippen LogP contribution in [0.1, 0.15) is 11.7 Å². The van der Waals surface area contributed by atoms with Crippen molar-refractivity contribution in [2.45, 2.75) is 6.10 Å². The SMILES string of the molecule is Cl.NCC(=O)N1CCOC(c2ccc(F)c(F)c2)C1. The first-order valence-electron chi connectivity index (χ1n) is 5.66. The summed E-state index contributed by atoms with van der Waals surface area (Å²) in [6.45, 7) is 1.07. The second-order valence-electron chi connectivity index (χ2n) is 4.08. The van der Waals surface area contributed by atoms with Gasteiger partial charge in [-0.15, -0.1) is 12.4 Å². The van der Waals surface area contributed by atoms with E-state index >= 15 is 0 Å². The van der Waals surface area contributed by atoms with Crippen LogP contribution in [-0.4, -0.2) is 37.0 Å². The smallest absolute Gasteiger partial charge is 0.236 e. The molecule has 0 spiro atoms. The molecular formula is C12H15ClF2N2O2. The quantitative estimate of drug-likeness (QED) is 0.892. The number of amides is 1. The number of halogens is 3. The molecule has 1 saturated heterocycles. The summed E-state index contributed by atoms with van der Waals surface area (Å²) >= 11 is 0. The summed E-state index contributed by atoms with van der Waals surface area (Å²) in [6.07, 6.45) is -0.440. The van der Waals surface area contributed by atoms with Crippen molar-refractivity contribution in [2.24, 2.45) is 5.73 Å². The molecule has 1 amide bonds. The Hall–Kier alpha value is -1.24. The Morgan fingerprint density at radius 3 is 2.79 bits per heavy atom. The molecule has 1 aromatic rings. The molecule has 2 N–H and O–H groups in total. The van der Waals surface area contributed by atoms with Gasteiger partial charge in [-0.05, 0) is 17.7 Å². The van der Waals surface area contributed by atoms with Crippen molar-refractivity contribution in [1.29, 1.82) is 0 Å². The molecular weight excluding hydrogens is 278 g/mol. The van der Waals surface area contributed by atoms with Crippen LogP contribution >= 0.6 is 12.4 Å². The fourth-order valence-corrected chi connectivity index (χ4v) is 1.92. The molecule has 1 heterocycles. The monoisotopic (exact) mass is 292 g/mol. The number of morpholine rings is 1. The van der Waals surface area contributed by atoms with Crippen LogP contribution in [0.3, 0.4) is 0 Å². The van der Waals surface area contributed by atoms with E-state index < -0.39 is 17.7 Å². The minimum Gasteiger partial charge on any atom is -0.370 e. The highest BCUT2D eigenvalue weighted by Gasteiger charge is 2.25. The van der Waals surface area contributed by atoms with Gasteiger partial charge in [0.2, 0.25) is 5.91 Å². The Morgan fingerprint density at radius 2 is 2.16 bits per heavy atom. The number of benzene rings is 1. The van der Waals surface area contributed by atoms with Crippen molar-refractivity contribution in [1.82, 2.24) is 4.90 Å². The number of hydrogen-bond donors (Lipinski definition) is 1. The molecule has 1 atom stereocenters. The van der Waals surface area contributed by atoms with Crippen LogP contribution < -0.4 is 5.73 Å². The van der Waals surface area contributed by atoms with Crippen LogP contribution in [0, 0.1) is 11.6 Å². The average Bonchev–Trinajstić information content (AvgIpc) is 2.41. The van der Waals surface area contributed by atoms with Gasteiger partial charge in [0.25, 0.3) is 0 Å². The summed E-state index contributed by atoms with van der Waals surface area (Å²) in [5, 5.41) is 0. The predicted octanol–water partition coefficient (Wildman–Crippen LogP) is 1.25. The van der Waals surface area contributed by atoms with Gasteiger partial charge in [0.1, 0.15) is 6.10 Å². The van der Waals surface area contributed by atoms with Gasteiger partial charge >= 0.3 is 0 Å². The molecule has 1 unspecified atom stereocenters. The zero-order valence-electron chi connectivity index (χ0n) is 10.1. The lowest BCUT2D eigenvalue weighted by Gasteiger charge is -2.33. The van der Waals surface area contributed by atoms with Gasteiger partial charge < -0.3 is 15.4 Å². The minimum atomic E-state index is -0.918. The van der Waals surface area contributed by atoms with Crippen molar-refractivity contribution < 1.29 is 18.3 Å². The van der Waals surface area contributed by atoms with Crippen LogP contribution in [0.5, 0.6) is 0 Å². The Kier molecular flexibility index (Phi) is 5.65. The molecule has 0 bridgehead atoms. The summed E-state index contributed by atoms with van der Waals surface area (Å²) < 4.78 is 31.4. The van der Waals surface area contributed by atoms with Gasteiger partial charge in [-0.1, -0.05) is 6.07 Å². The van der Waals surface area contributed by atoms with E-state index in [4.69, 9.17) is 10.5 Å². The summed E-state index contributed by atoms with van der Waals surface area (Å²) in [6, 6.07) is 3.60. The highest BCUT2D eigenvalue weighted by Crippen LogP contribution is 2.23. The predicted molar refractivity (Wildman–Crippen MR) is 67.9 cm³/mol. The van der Waals surface area contributed by atoms with Crippen LogP contribution in [0.25, 0.3) is 0 Å². The highest BCUT2D eigenvalue weighted by molar-refractivity contribution is 5.85. The molecule has 1 aliphatic heterocycles. The van der Waals surface area contributed by atoms with E-state index in [2.05, 4.69) is 0 Å². The normalized spacial score (nSPS) is 18.9. The number of ether oxygens (including phenoxy) is 1. The molecule has 7 heteroatoms. The van der Waals surface area contributed by atoms with Crippen molar-refractivity contribution in [3.8, 4) is 0 Å². The van der Waals surface area contributed by atoms with E-state index in [1.807, 2.05) is 0 Å². The van der Waals surface area contributed by atoms with Gasteiger partial charge in [-0.25, -0.2) is 8.78 Å². The number of carbonyl (C=O) groups excluding carboxylic acids is 1. The Labute approximate surface area is 115 Å². The summed E-state index contributed by atoms with van der Waals surface area (Å²) in [5.41, 5.74) is 5.81. The number of rotatable bonds is 2. The van der Waals surface area contributed by atoms with Crippen LogP contribution in [0.2, 0.25) is 0 Å². The number of carbonyl (C=O) groups is 1. The number of hydrogen-bond acceptors (Lipinski definition) is 3. The van der Waals surface area contributed by atoms with Crippen molar-refractivity contribution in [3.05, 3.63) is 35.4 Å². The maximum atomic E-state index is 13.1. The van der Waals surface area contributed by atoms with Crippen LogP contribution in [-0.2, 0) is 9.53 Å². The first-order chi connectivity index (χ1) is 8.61. The second-order valence-corrected chi connectivity index (χ2v) is 4.08. The molecule has 19 heavy (non-hydrogen) atoms. The Morgan fingerprint density at radius 1 is 1.42 bits per heavy atom. The molecule has 1 aromatic carbocycles. The molecule has 106 valence electrons.